The molecule has 0 aromatic heterocycles. The van der Waals surface area contributed by atoms with E-state index in [0.717, 1.165) is 0 Å². The third-order valence-electron chi connectivity index (χ3n) is 7.30. The third kappa shape index (κ3) is 7.25. The van der Waals surface area contributed by atoms with E-state index in [4.69, 9.17) is 0 Å². The molecule has 0 spiro atoms. The first-order valence-electron chi connectivity index (χ1n) is 13.7. The zero-order chi connectivity index (χ0) is 27.3. The van der Waals surface area contributed by atoms with Crippen LogP contribution in [0.25, 0.3) is 0 Å². The second-order valence-electron chi connectivity index (χ2n) is 13.1. The van der Waals surface area contributed by atoms with Gasteiger partial charge in [-0.2, -0.15) is 0 Å². The zero-order valence-corrected chi connectivity index (χ0v) is 25.2. The average Bonchev–Trinajstić information content (AvgIpc) is 2.79. The van der Waals surface area contributed by atoms with E-state index in [-0.39, 0.29) is 16.2 Å². The van der Waals surface area contributed by atoms with E-state index in [1.165, 1.54) is 40.2 Å². The van der Waals surface area contributed by atoms with Gasteiger partial charge in [-0.15, -0.1) is 0 Å². The van der Waals surface area contributed by atoms with Crippen LogP contribution in [0.5, 0.6) is 0 Å². The maximum Gasteiger partial charge on any atom is 0.0461 e. The number of rotatable bonds is 5. The van der Waals surface area contributed by atoms with Gasteiger partial charge in [-0.3, -0.25) is 0 Å². The summed E-state index contributed by atoms with van der Waals surface area (Å²) < 4.78 is 0. The van der Waals surface area contributed by atoms with Gasteiger partial charge < -0.3 is 4.90 Å². The summed E-state index contributed by atoms with van der Waals surface area (Å²) in [6.07, 6.45) is 1.25. The largest absolute Gasteiger partial charge is 0.311 e. The molecule has 0 bridgehead atoms. The van der Waals surface area contributed by atoms with Crippen LogP contribution in [0.3, 0.4) is 0 Å². The van der Waals surface area contributed by atoms with Crippen LogP contribution in [-0.4, -0.2) is 0 Å². The molecule has 0 radical (unpaired) electrons. The topological polar surface area (TPSA) is 3.24 Å². The van der Waals surface area contributed by atoms with Gasteiger partial charge in [0.15, 0.2) is 0 Å². The Bertz CT molecular complexity index is 996. The van der Waals surface area contributed by atoms with Crippen LogP contribution in [0.15, 0.2) is 72.8 Å². The second kappa shape index (κ2) is 11.7. The fourth-order valence-corrected chi connectivity index (χ4v) is 4.04. The SMILES string of the molecule is CC(C)C(C)(C)c1ccc(N(c2ccc(C(C)(C)C)cc2)c2ccc(C(C)(C)C)cc2)cc1.CCC. The van der Waals surface area contributed by atoms with Crippen molar-refractivity contribution in [1.82, 2.24) is 0 Å². The summed E-state index contributed by atoms with van der Waals surface area (Å²) in [4.78, 5) is 2.37. The van der Waals surface area contributed by atoms with Gasteiger partial charge in [-0.1, -0.05) is 126 Å². The van der Waals surface area contributed by atoms with E-state index < -0.39 is 0 Å². The predicted octanol–water partition coefficient (Wildman–Crippen LogP) is 11.1. The van der Waals surface area contributed by atoms with E-state index in [9.17, 15) is 0 Å². The van der Waals surface area contributed by atoms with Crippen molar-refractivity contribution in [3.8, 4) is 0 Å². The highest BCUT2D eigenvalue weighted by atomic mass is 15.1. The van der Waals surface area contributed by atoms with Crippen molar-refractivity contribution in [2.45, 2.75) is 106 Å². The van der Waals surface area contributed by atoms with E-state index in [0.29, 0.717) is 5.92 Å². The van der Waals surface area contributed by atoms with Crippen molar-refractivity contribution < 1.29 is 0 Å². The summed E-state index contributed by atoms with van der Waals surface area (Å²) in [6, 6.07) is 27.2. The Morgan fingerprint density at radius 2 is 0.750 bits per heavy atom. The van der Waals surface area contributed by atoms with Gasteiger partial charge in [-0.05, 0) is 75.3 Å². The molecule has 3 rings (SSSR count). The van der Waals surface area contributed by atoms with Gasteiger partial charge in [-0.25, -0.2) is 0 Å². The maximum atomic E-state index is 2.37. The Hall–Kier alpha value is -2.54. The van der Waals surface area contributed by atoms with E-state index in [1.807, 2.05) is 0 Å². The summed E-state index contributed by atoms with van der Waals surface area (Å²) in [5.74, 6) is 0.578. The lowest BCUT2D eigenvalue weighted by atomic mass is 9.75. The Labute approximate surface area is 223 Å². The van der Waals surface area contributed by atoms with Crippen molar-refractivity contribution in [3.63, 3.8) is 0 Å². The summed E-state index contributed by atoms with van der Waals surface area (Å²) >= 11 is 0. The fourth-order valence-electron chi connectivity index (χ4n) is 4.04. The van der Waals surface area contributed by atoms with Crippen LogP contribution in [-0.2, 0) is 16.2 Å². The van der Waals surface area contributed by atoms with Gasteiger partial charge in [0.25, 0.3) is 0 Å². The molecule has 0 unspecified atom stereocenters. The Kier molecular flexibility index (Phi) is 9.63. The monoisotopic (exact) mass is 485 g/mol. The molecule has 36 heavy (non-hydrogen) atoms. The second-order valence-corrected chi connectivity index (χ2v) is 13.1. The molecule has 1 nitrogen and oxygen atoms in total. The molecule has 0 aliphatic heterocycles. The fraction of sp³-hybridized carbons (Fsp3) is 0.486. The summed E-state index contributed by atoms with van der Waals surface area (Å²) in [5, 5.41) is 0. The molecule has 1 heteroatoms. The molecule has 0 heterocycles. The summed E-state index contributed by atoms with van der Waals surface area (Å²) in [7, 11) is 0. The molecule has 0 atom stereocenters. The molecule has 196 valence electrons. The van der Waals surface area contributed by atoms with Crippen LogP contribution in [0.1, 0.15) is 106 Å². The highest BCUT2D eigenvalue weighted by Crippen LogP contribution is 2.39. The Morgan fingerprint density at radius 3 is 0.972 bits per heavy atom. The number of benzene rings is 3. The lowest BCUT2D eigenvalue weighted by Gasteiger charge is -2.31. The molecule has 0 fully saturated rings. The van der Waals surface area contributed by atoms with E-state index in [2.05, 4.69) is 161 Å². The van der Waals surface area contributed by atoms with E-state index in [1.54, 1.807) is 0 Å². The molecule has 0 saturated heterocycles. The molecule has 0 aliphatic rings. The molecule has 0 N–H and O–H groups in total. The summed E-state index contributed by atoms with van der Waals surface area (Å²) in [6.45, 7) is 27.1. The Balaban J connectivity index is 0.00000145. The van der Waals surface area contributed by atoms with Crippen LogP contribution in [0, 0.1) is 5.92 Å². The maximum absolute atomic E-state index is 2.37. The van der Waals surface area contributed by atoms with Crippen LogP contribution in [0.2, 0.25) is 0 Å². The number of hydrogen-bond acceptors (Lipinski definition) is 1. The molecular weight excluding hydrogens is 434 g/mol. The summed E-state index contributed by atoms with van der Waals surface area (Å²) in [5.41, 5.74) is 8.06. The van der Waals surface area contributed by atoms with Crippen molar-refractivity contribution in [2.24, 2.45) is 5.92 Å². The normalized spacial score (nSPS) is 12.2. The molecule has 0 amide bonds. The van der Waals surface area contributed by atoms with Crippen molar-refractivity contribution >= 4 is 17.1 Å². The minimum absolute atomic E-state index is 0.141. The zero-order valence-electron chi connectivity index (χ0n) is 25.2. The van der Waals surface area contributed by atoms with Crippen molar-refractivity contribution in [2.75, 3.05) is 4.90 Å². The van der Waals surface area contributed by atoms with Gasteiger partial charge in [0.1, 0.15) is 0 Å². The number of hydrogen-bond donors (Lipinski definition) is 0. The molecular formula is C35H51N. The Morgan fingerprint density at radius 1 is 0.500 bits per heavy atom. The van der Waals surface area contributed by atoms with Gasteiger partial charge in [0.2, 0.25) is 0 Å². The van der Waals surface area contributed by atoms with Crippen LogP contribution in [0.4, 0.5) is 17.1 Å². The van der Waals surface area contributed by atoms with Crippen molar-refractivity contribution in [1.29, 1.82) is 0 Å². The van der Waals surface area contributed by atoms with Gasteiger partial charge >= 0.3 is 0 Å². The highest BCUT2D eigenvalue weighted by Gasteiger charge is 2.25. The highest BCUT2D eigenvalue weighted by molar-refractivity contribution is 5.77. The first-order valence-corrected chi connectivity index (χ1v) is 13.7. The molecule has 3 aromatic carbocycles. The average molecular weight is 486 g/mol. The molecule has 0 aliphatic carbocycles. The van der Waals surface area contributed by atoms with Gasteiger partial charge in [0, 0.05) is 17.1 Å². The predicted molar refractivity (Wildman–Crippen MR) is 162 cm³/mol. The lowest BCUT2D eigenvalue weighted by Crippen LogP contribution is -2.24. The minimum atomic E-state index is 0.141. The smallest absolute Gasteiger partial charge is 0.0461 e. The van der Waals surface area contributed by atoms with Gasteiger partial charge in [0.05, 0.1) is 0 Å². The number of anilines is 3. The minimum Gasteiger partial charge on any atom is -0.311 e. The number of nitrogens with zero attached hydrogens (tertiary/aromatic N) is 1. The molecule has 3 aromatic rings. The third-order valence-corrected chi connectivity index (χ3v) is 7.30. The first-order chi connectivity index (χ1) is 16.6. The quantitative estimate of drug-likeness (QED) is 0.347. The van der Waals surface area contributed by atoms with Crippen molar-refractivity contribution in [3.05, 3.63) is 89.5 Å². The van der Waals surface area contributed by atoms with E-state index >= 15 is 0 Å². The lowest BCUT2D eigenvalue weighted by molar-refractivity contribution is 0.372. The first kappa shape index (κ1) is 29.7. The molecule has 0 saturated carbocycles. The standard InChI is InChI=1S/C32H43N.C3H8/c1-23(2)32(9,10)26-15-21-29(22-16-26)33(27-17-11-24(12-18-27)30(3,4)5)28-19-13-25(14-20-28)31(6,7)8;1-3-2/h11-23H,1-10H3;3H2,1-2H3. The van der Waals surface area contributed by atoms with Crippen LogP contribution < -0.4 is 4.90 Å². The van der Waals surface area contributed by atoms with Crippen LogP contribution >= 0.6 is 0 Å².